The Kier molecular flexibility index (Phi) is 4.15. The molecule has 1 saturated carbocycles. The van der Waals surface area contributed by atoms with E-state index in [1.54, 1.807) is 24.4 Å². The maximum atomic E-state index is 12.7. The van der Waals surface area contributed by atoms with Crippen LogP contribution in [0.3, 0.4) is 0 Å². The third-order valence-corrected chi connectivity index (χ3v) is 4.77. The van der Waals surface area contributed by atoms with Crippen LogP contribution in [0.5, 0.6) is 0 Å². The molecule has 0 spiro atoms. The molecule has 7 nitrogen and oxygen atoms in total. The van der Waals surface area contributed by atoms with E-state index >= 15 is 0 Å². The lowest BCUT2D eigenvalue weighted by atomic mass is 9.76. The molecule has 1 amide bonds. The highest BCUT2D eigenvalue weighted by Gasteiger charge is 2.35. The van der Waals surface area contributed by atoms with Crippen molar-refractivity contribution in [3.8, 4) is 0 Å². The minimum absolute atomic E-state index is 0.0567. The number of nitrogens with zero attached hydrogens (tertiary/aromatic N) is 3. The van der Waals surface area contributed by atoms with Gasteiger partial charge in [0.05, 0.1) is 6.10 Å². The quantitative estimate of drug-likeness (QED) is 0.654. The summed E-state index contributed by atoms with van der Waals surface area (Å²) in [7, 11) is 0. The van der Waals surface area contributed by atoms with Crippen molar-refractivity contribution < 1.29 is 9.90 Å². The Morgan fingerprint density at radius 1 is 1.24 bits per heavy atom. The molecule has 128 valence electrons. The number of carbonyl (C=O) groups excluding carboxylic acids is 1. The molecule has 25 heavy (non-hydrogen) atoms. The van der Waals surface area contributed by atoms with Crippen molar-refractivity contribution >= 4 is 16.9 Å². The van der Waals surface area contributed by atoms with E-state index in [9.17, 15) is 9.90 Å². The molecule has 0 unspecified atom stereocenters. The van der Waals surface area contributed by atoms with Crippen molar-refractivity contribution in [2.24, 2.45) is 5.92 Å². The molecule has 3 N–H and O–H groups in total. The van der Waals surface area contributed by atoms with E-state index in [0.717, 1.165) is 11.2 Å². The van der Waals surface area contributed by atoms with Gasteiger partial charge in [0.15, 0.2) is 0 Å². The normalized spacial score (nSPS) is 20.8. The van der Waals surface area contributed by atoms with Crippen LogP contribution in [-0.4, -0.2) is 43.6 Å². The van der Waals surface area contributed by atoms with E-state index in [1.807, 2.05) is 18.2 Å². The van der Waals surface area contributed by atoms with Gasteiger partial charge in [0.25, 0.3) is 5.91 Å². The number of pyridine rings is 1. The van der Waals surface area contributed by atoms with Crippen molar-refractivity contribution in [2.45, 2.75) is 31.4 Å². The fourth-order valence-electron chi connectivity index (χ4n) is 3.27. The Morgan fingerprint density at radius 2 is 2.08 bits per heavy atom. The van der Waals surface area contributed by atoms with Gasteiger partial charge in [-0.2, -0.15) is 15.4 Å². The van der Waals surface area contributed by atoms with Gasteiger partial charge in [-0.3, -0.25) is 9.78 Å². The van der Waals surface area contributed by atoms with Gasteiger partial charge < -0.3 is 10.4 Å². The fourth-order valence-corrected chi connectivity index (χ4v) is 3.27. The zero-order valence-corrected chi connectivity index (χ0v) is 13.6. The largest absolute Gasteiger partial charge is 0.393 e. The molecule has 0 radical (unpaired) electrons. The summed E-state index contributed by atoms with van der Waals surface area (Å²) < 4.78 is 0. The van der Waals surface area contributed by atoms with Crippen LogP contribution in [0.2, 0.25) is 0 Å². The lowest BCUT2D eigenvalue weighted by Crippen LogP contribution is -2.48. The van der Waals surface area contributed by atoms with Crippen molar-refractivity contribution in [3.05, 3.63) is 53.9 Å². The van der Waals surface area contributed by atoms with E-state index in [-0.39, 0.29) is 24.0 Å². The zero-order chi connectivity index (χ0) is 17.2. The smallest absolute Gasteiger partial charge is 0.251 e. The van der Waals surface area contributed by atoms with Crippen LogP contribution in [0, 0.1) is 5.92 Å². The number of aliphatic hydroxyl groups excluding tert-OH is 1. The summed E-state index contributed by atoms with van der Waals surface area (Å²) in [4.78, 5) is 17.0. The van der Waals surface area contributed by atoms with Crippen LogP contribution in [0.4, 0.5) is 0 Å². The molecule has 0 aliphatic heterocycles. The molecule has 2 aromatic heterocycles. The Labute approximate surface area is 144 Å². The molecule has 3 aromatic rings. The van der Waals surface area contributed by atoms with Gasteiger partial charge in [-0.1, -0.05) is 6.07 Å². The molecular formula is C18H19N5O2. The van der Waals surface area contributed by atoms with Crippen molar-refractivity contribution in [3.63, 3.8) is 0 Å². The summed E-state index contributed by atoms with van der Waals surface area (Å²) in [5.74, 6) is 0.115. The summed E-state index contributed by atoms with van der Waals surface area (Å²) in [5.41, 5.74) is 2.87. The first-order valence-corrected chi connectivity index (χ1v) is 8.38. The Morgan fingerprint density at radius 3 is 2.84 bits per heavy atom. The summed E-state index contributed by atoms with van der Waals surface area (Å²) in [5, 5.41) is 23.3. The number of nitrogens with one attached hydrogen (secondary N) is 2. The summed E-state index contributed by atoms with van der Waals surface area (Å²) >= 11 is 0. The SMILES string of the molecule is O=C(N[C@@H](Cc1ccccn1)C1CC(O)C1)c1ccc2n[nH]nc2c1. The van der Waals surface area contributed by atoms with E-state index in [1.165, 1.54) is 0 Å². The van der Waals surface area contributed by atoms with Crippen molar-refractivity contribution in [1.82, 2.24) is 25.7 Å². The van der Waals surface area contributed by atoms with Gasteiger partial charge >= 0.3 is 0 Å². The van der Waals surface area contributed by atoms with Gasteiger partial charge in [-0.25, -0.2) is 0 Å². The number of hydrogen-bond donors (Lipinski definition) is 3. The highest BCUT2D eigenvalue weighted by molar-refractivity contribution is 5.97. The van der Waals surface area contributed by atoms with E-state index in [4.69, 9.17) is 0 Å². The van der Waals surface area contributed by atoms with Gasteiger partial charge in [0, 0.05) is 29.9 Å². The molecule has 4 rings (SSSR count). The predicted octanol–water partition coefficient (Wildman–Crippen LogP) is 1.46. The number of rotatable bonds is 5. The standard InChI is InChI=1S/C18H19N5O2/c24-14-7-12(8-14)16(10-13-3-1-2-6-19-13)20-18(25)11-4-5-15-17(9-11)22-23-21-15/h1-6,9,12,14,16,24H,7-8,10H2,(H,20,25)(H,21,22,23)/t12?,14?,16-/m0/s1. The maximum Gasteiger partial charge on any atom is 0.251 e. The van der Waals surface area contributed by atoms with Crippen LogP contribution < -0.4 is 5.32 Å². The minimum Gasteiger partial charge on any atom is -0.393 e. The first kappa shape index (κ1) is 15.7. The number of benzene rings is 1. The highest BCUT2D eigenvalue weighted by Crippen LogP contribution is 2.31. The van der Waals surface area contributed by atoms with Crippen LogP contribution in [0.1, 0.15) is 28.9 Å². The number of fused-ring (bicyclic) bond motifs is 1. The first-order chi connectivity index (χ1) is 12.2. The van der Waals surface area contributed by atoms with Crippen molar-refractivity contribution in [2.75, 3.05) is 0 Å². The average molecular weight is 337 g/mol. The zero-order valence-electron chi connectivity index (χ0n) is 13.6. The molecule has 2 heterocycles. The van der Waals surface area contributed by atoms with E-state index in [0.29, 0.717) is 30.3 Å². The van der Waals surface area contributed by atoms with Gasteiger partial charge in [-0.15, -0.1) is 0 Å². The molecule has 1 fully saturated rings. The molecule has 1 aliphatic carbocycles. The number of hydrogen-bond acceptors (Lipinski definition) is 5. The Hall–Kier alpha value is -2.80. The Bertz CT molecular complexity index is 873. The molecule has 1 atom stereocenters. The van der Waals surface area contributed by atoms with Crippen LogP contribution in [-0.2, 0) is 6.42 Å². The Balaban J connectivity index is 1.51. The number of aliphatic hydroxyl groups is 1. The predicted molar refractivity (Wildman–Crippen MR) is 91.8 cm³/mol. The third kappa shape index (κ3) is 3.36. The van der Waals surface area contributed by atoms with Gasteiger partial charge in [-0.05, 0) is 49.1 Å². The second-order valence-corrected chi connectivity index (χ2v) is 6.52. The first-order valence-electron chi connectivity index (χ1n) is 8.38. The second-order valence-electron chi connectivity index (χ2n) is 6.52. The summed E-state index contributed by atoms with van der Waals surface area (Å²) in [6.07, 6.45) is 3.55. The highest BCUT2D eigenvalue weighted by atomic mass is 16.3. The van der Waals surface area contributed by atoms with Gasteiger partial charge in [0.2, 0.25) is 0 Å². The summed E-state index contributed by atoms with van der Waals surface area (Å²) in [6.45, 7) is 0. The fraction of sp³-hybridized carbons (Fsp3) is 0.333. The number of amides is 1. The van der Waals surface area contributed by atoms with Crippen LogP contribution in [0.25, 0.3) is 11.0 Å². The second kappa shape index (κ2) is 6.60. The number of H-pyrrole nitrogens is 1. The average Bonchev–Trinajstić information content (AvgIpc) is 3.07. The number of carbonyl (C=O) groups is 1. The third-order valence-electron chi connectivity index (χ3n) is 4.77. The summed E-state index contributed by atoms with van der Waals surface area (Å²) in [6, 6.07) is 10.9. The molecule has 1 aliphatic rings. The monoisotopic (exact) mass is 337 g/mol. The lowest BCUT2D eigenvalue weighted by Gasteiger charge is -2.38. The van der Waals surface area contributed by atoms with Crippen LogP contribution >= 0.6 is 0 Å². The molecule has 0 bridgehead atoms. The molecule has 1 aromatic carbocycles. The topological polar surface area (TPSA) is 104 Å². The number of aromatic amines is 1. The van der Waals surface area contributed by atoms with Crippen molar-refractivity contribution in [1.29, 1.82) is 0 Å². The van der Waals surface area contributed by atoms with Gasteiger partial charge in [0.1, 0.15) is 11.0 Å². The molecule has 0 saturated heterocycles. The van der Waals surface area contributed by atoms with E-state index in [2.05, 4.69) is 25.7 Å². The molecule has 7 heteroatoms. The van der Waals surface area contributed by atoms with Crippen LogP contribution in [0.15, 0.2) is 42.6 Å². The lowest BCUT2D eigenvalue weighted by molar-refractivity contribution is 0.0238. The maximum absolute atomic E-state index is 12.7. The minimum atomic E-state index is -0.264. The van der Waals surface area contributed by atoms with E-state index < -0.39 is 0 Å². The number of aromatic nitrogens is 4. The molecular weight excluding hydrogens is 318 g/mol.